The molecular formula is C17H21N3O2. The van der Waals surface area contributed by atoms with Gasteiger partial charge in [-0.25, -0.2) is 0 Å². The highest BCUT2D eigenvalue weighted by molar-refractivity contribution is 5.90. The van der Waals surface area contributed by atoms with Gasteiger partial charge in [-0.05, 0) is 24.8 Å². The van der Waals surface area contributed by atoms with Crippen LogP contribution in [0.25, 0.3) is 0 Å². The first-order valence-electron chi connectivity index (χ1n) is 7.77. The number of aromatic nitrogens is 2. The number of carbonyl (C=O) groups is 1. The summed E-state index contributed by atoms with van der Waals surface area (Å²) in [7, 11) is 0. The van der Waals surface area contributed by atoms with Crippen LogP contribution in [0.3, 0.4) is 0 Å². The summed E-state index contributed by atoms with van der Waals surface area (Å²) >= 11 is 0. The Morgan fingerprint density at radius 2 is 2.23 bits per heavy atom. The number of ether oxygens (including phenoxy) is 1. The predicted octanol–water partition coefficient (Wildman–Crippen LogP) is 2.63. The molecule has 0 saturated carbocycles. The van der Waals surface area contributed by atoms with Crippen molar-refractivity contribution in [3.8, 4) is 0 Å². The van der Waals surface area contributed by atoms with E-state index in [1.54, 1.807) is 6.20 Å². The Hall–Kier alpha value is -2.14. The van der Waals surface area contributed by atoms with Crippen LogP contribution in [0.2, 0.25) is 0 Å². The summed E-state index contributed by atoms with van der Waals surface area (Å²) in [6.07, 6.45) is 7.23. The van der Waals surface area contributed by atoms with Gasteiger partial charge in [0.2, 0.25) is 5.91 Å². The smallest absolute Gasteiger partial charge is 0.224 e. The zero-order chi connectivity index (χ0) is 15.2. The molecule has 1 amide bonds. The van der Waals surface area contributed by atoms with Crippen molar-refractivity contribution in [2.24, 2.45) is 0 Å². The van der Waals surface area contributed by atoms with E-state index >= 15 is 0 Å². The number of benzene rings is 1. The molecule has 0 bridgehead atoms. The van der Waals surface area contributed by atoms with Crippen molar-refractivity contribution in [2.75, 3.05) is 11.9 Å². The van der Waals surface area contributed by atoms with Gasteiger partial charge in [0.05, 0.1) is 24.5 Å². The Kier molecular flexibility index (Phi) is 4.85. The largest absolute Gasteiger partial charge is 0.376 e. The molecule has 0 spiro atoms. The summed E-state index contributed by atoms with van der Waals surface area (Å²) in [6, 6.07) is 10.0. The fraction of sp³-hybridized carbons (Fsp3) is 0.412. The first-order chi connectivity index (χ1) is 10.8. The third-order valence-electron chi connectivity index (χ3n) is 3.82. The van der Waals surface area contributed by atoms with E-state index in [2.05, 4.69) is 10.4 Å². The van der Waals surface area contributed by atoms with Crippen LogP contribution < -0.4 is 5.32 Å². The van der Waals surface area contributed by atoms with Crippen LogP contribution in [-0.2, 0) is 22.5 Å². The summed E-state index contributed by atoms with van der Waals surface area (Å²) in [6.45, 7) is 1.59. The number of nitrogens with zero attached hydrogens (tertiary/aromatic N) is 2. The lowest BCUT2D eigenvalue weighted by Crippen LogP contribution is -2.15. The molecule has 116 valence electrons. The second kappa shape index (κ2) is 7.22. The average Bonchev–Trinajstić information content (AvgIpc) is 3.19. The van der Waals surface area contributed by atoms with Crippen LogP contribution in [0, 0.1) is 0 Å². The highest BCUT2D eigenvalue weighted by atomic mass is 16.5. The van der Waals surface area contributed by atoms with Crippen LogP contribution in [0.5, 0.6) is 0 Å². The number of hydrogen-bond acceptors (Lipinski definition) is 3. The summed E-state index contributed by atoms with van der Waals surface area (Å²) in [5.74, 6) is 0.0144. The Bertz CT molecular complexity index is 603. The van der Waals surface area contributed by atoms with Crippen molar-refractivity contribution < 1.29 is 9.53 Å². The molecule has 1 aromatic carbocycles. The van der Waals surface area contributed by atoms with Crippen LogP contribution in [0.4, 0.5) is 5.69 Å². The molecule has 1 fully saturated rings. The quantitative estimate of drug-likeness (QED) is 0.892. The molecule has 2 heterocycles. The Morgan fingerprint density at radius 3 is 3.00 bits per heavy atom. The van der Waals surface area contributed by atoms with E-state index in [1.165, 1.54) is 5.56 Å². The number of anilines is 1. The molecule has 1 aliphatic rings. The molecule has 1 aliphatic heterocycles. The minimum atomic E-state index is 0.0144. The number of nitrogens with one attached hydrogen (secondary N) is 1. The molecule has 1 unspecified atom stereocenters. The van der Waals surface area contributed by atoms with Gasteiger partial charge in [-0.2, -0.15) is 5.10 Å². The molecule has 0 aliphatic carbocycles. The molecule has 1 N–H and O–H groups in total. The maximum Gasteiger partial charge on any atom is 0.224 e. The SMILES string of the molecule is O=C(CCc1ccccc1)Nc1cnn(CC2CCCO2)c1. The van der Waals surface area contributed by atoms with E-state index in [4.69, 9.17) is 4.74 Å². The van der Waals surface area contributed by atoms with Gasteiger partial charge in [-0.1, -0.05) is 30.3 Å². The van der Waals surface area contributed by atoms with E-state index in [0.29, 0.717) is 6.42 Å². The average molecular weight is 299 g/mol. The summed E-state index contributed by atoms with van der Waals surface area (Å²) in [5.41, 5.74) is 1.92. The number of carbonyl (C=O) groups excluding carboxylic acids is 1. The molecule has 3 rings (SSSR count). The lowest BCUT2D eigenvalue weighted by atomic mass is 10.1. The maximum atomic E-state index is 12.0. The number of aryl methyl sites for hydroxylation is 1. The second-order valence-electron chi connectivity index (χ2n) is 5.62. The van der Waals surface area contributed by atoms with Gasteiger partial charge < -0.3 is 10.1 Å². The molecule has 5 nitrogen and oxygen atoms in total. The third-order valence-corrected chi connectivity index (χ3v) is 3.82. The highest BCUT2D eigenvalue weighted by Gasteiger charge is 2.16. The van der Waals surface area contributed by atoms with Crippen molar-refractivity contribution in [1.82, 2.24) is 9.78 Å². The normalized spacial score (nSPS) is 17.5. The van der Waals surface area contributed by atoms with Gasteiger partial charge >= 0.3 is 0 Å². The number of hydrogen-bond donors (Lipinski definition) is 1. The molecule has 1 aromatic heterocycles. The number of amides is 1. The van der Waals surface area contributed by atoms with E-state index in [1.807, 2.05) is 41.2 Å². The minimum Gasteiger partial charge on any atom is -0.376 e. The third kappa shape index (κ3) is 4.18. The van der Waals surface area contributed by atoms with E-state index in [-0.39, 0.29) is 12.0 Å². The highest BCUT2D eigenvalue weighted by Crippen LogP contribution is 2.15. The van der Waals surface area contributed by atoms with E-state index in [9.17, 15) is 4.79 Å². The first-order valence-corrected chi connectivity index (χ1v) is 7.77. The fourth-order valence-corrected chi connectivity index (χ4v) is 2.65. The minimum absolute atomic E-state index is 0.0144. The molecule has 2 aromatic rings. The zero-order valence-corrected chi connectivity index (χ0v) is 12.6. The van der Waals surface area contributed by atoms with Gasteiger partial charge in [0.25, 0.3) is 0 Å². The van der Waals surface area contributed by atoms with Gasteiger partial charge in [-0.15, -0.1) is 0 Å². The van der Waals surface area contributed by atoms with Crippen molar-refractivity contribution in [3.63, 3.8) is 0 Å². The second-order valence-corrected chi connectivity index (χ2v) is 5.62. The van der Waals surface area contributed by atoms with Crippen LogP contribution in [-0.4, -0.2) is 28.4 Å². The van der Waals surface area contributed by atoms with Crippen LogP contribution in [0.15, 0.2) is 42.7 Å². The van der Waals surface area contributed by atoms with Crippen molar-refractivity contribution in [2.45, 2.75) is 38.3 Å². The number of rotatable bonds is 6. The van der Waals surface area contributed by atoms with Gasteiger partial charge in [-0.3, -0.25) is 9.48 Å². The van der Waals surface area contributed by atoms with Gasteiger partial charge in [0, 0.05) is 19.2 Å². The summed E-state index contributed by atoms with van der Waals surface area (Å²) in [5, 5.41) is 7.17. The van der Waals surface area contributed by atoms with E-state index in [0.717, 1.165) is 38.1 Å². The molecule has 0 radical (unpaired) electrons. The Morgan fingerprint density at radius 1 is 1.36 bits per heavy atom. The van der Waals surface area contributed by atoms with Crippen LogP contribution >= 0.6 is 0 Å². The van der Waals surface area contributed by atoms with E-state index < -0.39 is 0 Å². The summed E-state index contributed by atoms with van der Waals surface area (Å²) < 4.78 is 7.42. The standard InChI is InChI=1S/C17H21N3O2/c21-17(9-8-14-5-2-1-3-6-14)19-15-11-18-20(12-15)13-16-7-4-10-22-16/h1-3,5-6,11-12,16H,4,7-10,13H2,(H,19,21). The zero-order valence-electron chi connectivity index (χ0n) is 12.6. The lowest BCUT2D eigenvalue weighted by molar-refractivity contribution is -0.116. The predicted molar refractivity (Wildman–Crippen MR) is 84.6 cm³/mol. The molecule has 1 saturated heterocycles. The lowest BCUT2D eigenvalue weighted by Gasteiger charge is -2.08. The van der Waals surface area contributed by atoms with Crippen molar-refractivity contribution in [1.29, 1.82) is 0 Å². The summed E-state index contributed by atoms with van der Waals surface area (Å²) in [4.78, 5) is 12.0. The fourth-order valence-electron chi connectivity index (χ4n) is 2.65. The molecular weight excluding hydrogens is 278 g/mol. The van der Waals surface area contributed by atoms with Crippen molar-refractivity contribution in [3.05, 3.63) is 48.3 Å². The van der Waals surface area contributed by atoms with Gasteiger partial charge in [0.15, 0.2) is 0 Å². The molecule has 1 atom stereocenters. The topological polar surface area (TPSA) is 56.2 Å². The molecule has 5 heteroatoms. The van der Waals surface area contributed by atoms with Gasteiger partial charge in [0.1, 0.15) is 0 Å². The molecule has 22 heavy (non-hydrogen) atoms. The monoisotopic (exact) mass is 299 g/mol. The van der Waals surface area contributed by atoms with Crippen LogP contribution in [0.1, 0.15) is 24.8 Å². The maximum absolute atomic E-state index is 12.0. The first kappa shape index (κ1) is 14.8. The Labute approximate surface area is 130 Å². The van der Waals surface area contributed by atoms with Crippen molar-refractivity contribution >= 4 is 11.6 Å². The Balaban J connectivity index is 1.46.